The molecule has 2 unspecified atom stereocenters. The molecule has 0 amide bonds. The summed E-state index contributed by atoms with van der Waals surface area (Å²) in [6.45, 7) is 7.57. The van der Waals surface area contributed by atoms with Gasteiger partial charge >= 0.3 is 0 Å². The number of rotatable bonds is 4. The molecular formula is C11H19N3S. The van der Waals surface area contributed by atoms with E-state index in [1.165, 1.54) is 17.8 Å². The van der Waals surface area contributed by atoms with Crippen LogP contribution in [0.2, 0.25) is 0 Å². The van der Waals surface area contributed by atoms with Gasteiger partial charge in [0, 0.05) is 30.2 Å². The molecule has 1 aliphatic heterocycles. The Morgan fingerprint density at radius 1 is 1.67 bits per heavy atom. The number of hydrogen-bond donors (Lipinski definition) is 2. The molecule has 4 heteroatoms. The lowest BCUT2D eigenvalue weighted by Gasteiger charge is -2.15. The molecule has 2 atom stereocenters. The minimum atomic E-state index is 0.652. The third-order valence-corrected chi connectivity index (χ3v) is 3.94. The molecule has 1 saturated heterocycles. The summed E-state index contributed by atoms with van der Waals surface area (Å²) in [7, 11) is 0. The molecule has 0 bridgehead atoms. The van der Waals surface area contributed by atoms with Gasteiger partial charge < -0.3 is 10.6 Å². The molecule has 1 aliphatic rings. The summed E-state index contributed by atoms with van der Waals surface area (Å²) >= 11 is 1.78. The second kappa shape index (κ2) is 5.05. The van der Waals surface area contributed by atoms with Crippen molar-refractivity contribution in [2.45, 2.75) is 32.9 Å². The molecular weight excluding hydrogens is 206 g/mol. The lowest BCUT2D eigenvalue weighted by atomic mass is 10.0. The van der Waals surface area contributed by atoms with E-state index in [1.807, 2.05) is 6.20 Å². The first-order valence-electron chi connectivity index (χ1n) is 5.61. The maximum atomic E-state index is 4.24. The zero-order valence-electron chi connectivity index (χ0n) is 9.42. The Bertz CT molecular complexity index is 311. The van der Waals surface area contributed by atoms with Gasteiger partial charge in [-0.15, -0.1) is 11.3 Å². The van der Waals surface area contributed by atoms with Gasteiger partial charge in [-0.1, -0.05) is 6.92 Å². The van der Waals surface area contributed by atoms with Gasteiger partial charge in [0.15, 0.2) is 0 Å². The second-order valence-electron chi connectivity index (χ2n) is 4.30. The fourth-order valence-corrected chi connectivity index (χ4v) is 2.77. The van der Waals surface area contributed by atoms with Crippen molar-refractivity contribution in [2.24, 2.45) is 5.92 Å². The van der Waals surface area contributed by atoms with Gasteiger partial charge in [0.2, 0.25) is 0 Å². The maximum absolute atomic E-state index is 4.24. The number of aromatic nitrogens is 1. The van der Waals surface area contributed by atoms with Crippen LogP contribution in [0.1, 0.15) is 23.2 Å². The molecule has 0 spiro atoms. The third-order valence-electron chi connectivity index (χ3n) is 3.03. The number of thiazole rings is 1. The van der Waals surface area contributed by atoms with Crippen LogP contribution in [0.15, 0.2) is 6.20 Å². The molecule has 2 rings (SSSR count). The van der Waals surface area contributed by atoms with Gasteiger partial charge in [0.25, 0.3) is 0 Å². The average Bonchev–Trinajstić information content (AvgIpc) is 2.77. The van der Waals surface area contributed by atoms with E-state index in [9.17, 15) is 0 Å². The van der Waals surface area contributed by atoms with Crippen molar-refractivity contribution in [2.75, 3.05) is 13.1 Å². The molecule has 2 heterocycles. The van der Waals surface area contributed by atoms with Crippen LogP contribution in [-0.4, -0.2) is 24.1 Å². The van der Waals surface area contributed by atoms with Crippen LogP contribution in [0.25, 0.3) is 0 Å². The SMILES string of the molecule is Cc1ncc(CNCC2NCCC2C)s1. The molecule has 1 aromatic rings. The zero-order valence-corrected chi connectivity index (χ0v) is 10.2. The third kappa shape index (κ3) is 3.00. The predicted molar refractivity (Wildman–Crippen MR) is 64.1 cm³/mol. The first-order chi connectivity index (χ1) is 7.25. The molecule has 0 radical (unpaired) electrons. The van der Waals surface area contributed by atoms with Crippen LogP contribution in [-0.2, 0) is 6.54 Å². The molecule has 1 aromatic heterocycles. The summed E-state index contributed by atoms with van der Waals surface area (Å²) in [6, 6.07) is 0.652. The smallest absolute Gasteiger partial charge is 0.0897 e. The van der Waals surface area contributed by atoms with Gasteiger partial charge in [-0.2, -0.15) is 0 Å². The van der Waals surface area contributed by atoms with Gasteiger partial charge in [-0.05, 0) is 25.8 Å². The number of hydrogen-bond acceptors (Lipinski definition) is 4. The standard InChI is InChI=1S/C11H19N3S/c1-8-3-4-13-11(8)7-12-5-10-6-14-9(2)15-10/h6,8,11-13H,3-5,7H2,1-2H3. The highest BCUT2D eigenvalue weighted by atomic mass is 32.1. The van der Waals surface area contributed by atoms with E-state index in [-0.39, 0.29) is 0 Å². The van der Waals surface area contributed by atoms with Crippen molar-refractivity contribution < 1.29 is 0 Å². The number of nitrogens with one attached hydrogen (secondary N) is 2. The van der Waals surface area contributed by atoms with Crippen molar-refractivity contribution in [3.63, 3.8) is 0 Å². The Kier molecular flexibility index (Phi) is 3.72. The predicted octanol–water partition coefficient (Wildman–Crippen LogP) is 1.54. The Labute approximate surface area is 95.3 Å². The summed E-state index contributed by atoms with van der Waals surface area (Å²) in [5, 5.41) is 8.17. The molecule has 1 fully saturated rings. The van der Waals surface area contributed by atoms with Crippen molar-refractivity contribution in [3.05, 3.63) is 16.1 Å². The van der Waals surface area contributed by atoms with E-state index in [1.54, 1.807) is 11.3 Å². The molecule has 84 valence electrons. The maximum Gasteiger partial charge on any atom is 0.0897 e. The highest BCUT2D eigenvalue weighted by Gasteiger charge is 2.21. The van der Waals surface area contributed by atoms with E-state index in [0.717, 1.165) is 24.0 Å². The largest absolute Gasteiger partial charge is 0.312 e. The number of nitrogens with zero attached hydrogens (tertiary/aromatic N) is 1. The molecule has 2 N–H and O–H groups in total. The van der Waals surface area contributed by atoms with Crippen LogP contribution in [0.3, 0.4) is 0 Å². The molecule has 0 aromatic carbocycles. The Morgan fingerprint density at radius 2 is 2.53 bits per heavy atom. The monoisotopic (exact) mass is 225 g/mol. The van der Waals surface area contributed by atoms with Crippen molar-refractivity contribution in [1.82, 2.24) is 15.6 Å². The summed E-state index contributed by atoms with van der Waals surface area (Å²) in [4.78, 5) is 5.58. The first kappa shape index (κ1) is 11.0. The molecule has 3 nitrogen and oxygen atoms in total. The second-order valence-corrected chi connectivity index (χ2v) is 5.62. The van der Waals surface area contributed by atoms with E-state index < -0.39 is 0 Å². The zero-order chi connectivity index (χ0) is 10.7. The fraction of sp³-hybridized carbons (Fsp3) is 0.727. The van der Waals surface area contributed by atoms with Gasteiger partial charge in [-0.3, -0.25) is 0 Å². The normalized spacial score (nSPS) is 26.0. The van der Waals surface area contributed by atoms with Crippen LogP contribution in [0.4, 0.5) is 0 Å². The Morgan fingerprint density at radius 3 is 3.13 bits per heavy atom. The van der Waals surface area contributed by atoms with Gasteiger partial charge in [-0.25, -0.2) is 4.98 Å². The van der Waals surface area contributed by atoms with E-state index in [0.29, 0.717) is 6.04 Å². The van der Waals surface area contributed by atoms with E-state index in [4.69, 9.17) is 0 Å². The summed E-state index contributed by atoms with van der Waals surface area (Å²) < 4.78 is 0. The van der Waals surface area contributed by atoms with Crippen LogP contribution >= 0.6 is 11.3 Å². The number of aryl methyl sites for hydroxylation is 1. The van der Waals surface area contributed by atoms with Crippen LogP contribution in [0, 0.1) is 12.8 Å². The van der Waals surface area contributed by atoms with Gasteiger partial charge in [0.1, 0.15) is 0 Å². The first-order valence-corrected chi connectivity index (χ1v) is 6.43. The van der Waals surface area contributed by atoms with Crippen molar-refractivity contribution >= 4 is 11.3 Å². The molecule has 0 saturated carbocycles. The molecule has 0 aliphatic carbocycles. The average molecular weight is 225 g/mol. The van der Waals surface area contributed by atoms with Gasteiger partial charge in [0.05, 0.1) is 5.01 Å². The minimum Gasteiger partial charge on any atom is -0.312 e. The van der Waals surface area contributed by atoms with E-state index in [2.05, 4.69) is 29.5 Å². The topological polar surface area (TPSA) is 37.0 Å². The Balaban J connectivity index is 1.70. The minimum absolute atomic E-state index is 0.652. The summed E-state index contributed by atoms with van der Waals surface area (Å²) in [5.41, 5.74) is 0. The highest BCUT2D eigenvalue weighted by molar-refractivity contribution is 7.11. The summed E-state index contributed by atoms with van der Waals surface area (Å²) in [6.07, 6.45) is 3.28. The quantitative estimate of drug-likeness (QED) is 0.816. The van der Waals surface area contributed by atoms with E-state index >= 15 is 0 Å². The van der Waals surface area contributed by atoms with Crippen LogP contribution < -0.4 is 10.6 Å². The van der Waals surface area contributed by atoms with Crippen molar-refractivity contribution in [1.29, 1.82) is 0 Å². The fourth-order valence-electron chi connectivity index (χ4n) is 2.01. The highest BCUT2D eigenvalue weighted by Crippen LogP contribution is 2.14. The summed E-state index contributed by atoms with van der Waals surface area (Å²) in [5.74, 6) is 0.806. The van der Waals surface area contributed by atoms with Crippen LogP contribution in [0.5, 0.6) is 0 Å². The Hall–Kier alpha value is -0.450. The van der Waals surface area contributed by atoms with Crippen molar-refractivity contribution in [3.8, 4) is 0 Å². The molecule has 15 heavy (non-hydrogen) atoms. The lowest BCUT2D eigenvalue weighted by molar-refractivity contribution is 0.449. The lowest BCUT2D eigenvalue weighted by Crippen LogP contribution is -2.36.